The molecule has 0 N–H and O–H groups in total. The molecule has 322 valence electrons. The van der Waals surface area contributed by atoms with E-state index in [1.165, 1.54) is 98.0 Å². The van der Waals surface area contributed by atoms with Crippen molar-refractivity contribution in [3.63, 3.8) is 0 Å². The Hall–Kier alpha value is -9.12. The van der Waals surface area contributed by atoms with Gasteiger partial charge in [0.15, 0.2) is 11.5 Å². The number of hydrogen-bond donors (Lipinski definition) is 0. The Morgan fingerprint density at radius 3 is 1.58 bits per heavy atom. The van der Waals surface area contributed by atoms with Gasteiger partial charge >= 0.3 is 0 Å². The van der Waals surface area contributed by atoms with Crippen LogP contribution in [0, 0.1) is 0 Å². The predicted molar refractivity (Wildman–Crippen MR) is 291 cm³/mol. The molecular weight excluding hydrogens is 839 g/mol. The molecule has 4 nitrogen and oxygen atoms in total. The fourth-order valence-corrected chi connectivity index (χ4v) is 11.6. The second-order valence-electron chi connectivity index (χ2n) is 18.6. The van der Waals surface area contributed by atoms with Gasteiger partial charge in [-0.3, -0.25) is 0 Å². The molecule has 4 heteroatoms. The summed E-state index contributed by atoms with van der Waals surface area (Å²) in [6.07, 6.45) is 0. The molecule has 69 heavy (non-hydrogen) atoms. The zero-order valence-electron chi connectivity index (χ0n) is 37.7. The summed E-state index contributed by atoms with van der Waals surface area (Å²) >= 11 is 0. The number of para-hydroxylation sites is 2. The van der Waals surface area contributed by atoms with Crippen LogP contribution in [0.4, 0.5) is 11.4 Å². The van der Waals surface area contributed by atoms with Gasteiger partial charge < -0.3 is 18.8 Å². The van der Waals surface area contributed by atoms with Gasteiger partial charge in [-0.25, -0.2) is 0 Å². The third-order valence-electron chi connectivity index (χ3n) is 14.8. The first-order valence-electron chi connectivity index (χ1n) is 23.7. The Kier molecular flexibility index (Phi) is 7.96. The molecule has 12 aromatic carbocycles. The lowest BCUT2D eigenvalue weighted by atomic mass is 9.91. The smallest absolute Gasteiger partial charge is 0.151 e. The first-order valence-corrected chi connectivity index (χ1v) is 23.7. The molecular formula is C65H41N3O. The number of hydrogen-bond acceptors (Lipinski definition) is 2. The minimum atomic E-state index is 0.842. The van der Waals surface area contributed by atoms with Crippen molar-refractivity contribution in [2.24, 2.45) is 0 Å². The minimum Gasteiger partial charge on any atom is -0.453 e. The lowest BCUT2D eigenvalue weighted by molar-refractivity contribution is 0.476. The van der Waals surface area contributed by atoms with Crippen molar-refractivity contribution in [1.29, 1.82) is 0 Å². The van der Waals surface area contributed by atoms with E-state index in [1.54, 1.807) is 0 Å². The third kappa shape index (κ3) is 5.63. The highest BCUT2D eigenvalue weighted by Crippen LogP contribution is 2.50. The SMILES string of the molecule is CN1c2ccc(-c3ccc4c(c3)c3ccccc3n4-c3ccc4cc5c6ccccc6n(-c6cccc7ccccc67)c5cc4c3)cc2Oc2cc(-c3c4ccccc4cc4ccccc34)ccc21. The highest BCUT2D eigenvalue weighted by atomic mass is 16.5. The summed E-state index contributed by atoms with van der Waals surface area (Å²) in [4.78, 5) is 2.25. The van der Waals surface area contributed by atoms with Gasteiger partial charge in [0.05, 0.1) is 39.1 Å². The molecule has 0 spiro atoms. The summed E-state index contributed by atoms with van der Waals surface area (Å²) in [6, 6.07) is 84.4. The molecule has 0 saturated heterocycles. The number of nitrogens with zero attached hydrogens (tertiary/aromatic N) is 3. The lowest BCUT2D eigenvalue weighted by Gasteiger charge is -2.30. The van der Waals surface area contributed by atoms with E-state index in [1.807, 2.05) is 0 Å². The third-order valence-corrected chi connectivity index (χ3v) is 14.8. The van der Waals surface area contributed by atoms with E-state index < -0.39 is 0 Å². The van der Waals surface area contributed by atoms with Crippen LogP contribution in [0.15, 0.2) is 231 Å². The van der Waals surface area contributed by atoms with Gasteiger partial charge in [0.25, 0.3) is 0 Å². The van der Waals surface area contributed by atoms with E-state index in [2.05, 4.69) is 252 Å². The zero-order chi connectivity index (χ0) is 45.3. The van der Waals surface area contributed by atoms with Gasteiger partial charge in [0.1, 0.15) is 0 Å². The average molecular weight is 880 g/mol. The maximum Gasteiger partial charge on any atom is 0.151 e. The molecule has 0 radical (unpaired) electrons. The highest BCUT2D eigenvalue weighted by molar-refractivity contribution is 6.16. The van der Waals surface area contributed by atoms with Crippen LogP contribution in [-0.4, -0.2) is 16.2 Å². The van der Waals surface area contributed by atoms with Crippen LogP contribution in [0.5, 0.6) is 11.5 Å². The number of anilines is 2. The van der Waals surface area contributed by atoms with E-state index in [0.717, 1.165) is 45.3 Å². The largest absolute Gasteiger partial charge is 0.453 e. The first-order chi connectivity index (χ1) is 34.1. The summed E-state index contributed by atoms with van der Waals surface area (Å²) in [5.41, 5.74) is 13.8. The van der Waals surface area contributed by atoms with Crippen LogP contribution >= 0.6 is 0 Å². The number of fused-ring (bicyclic) bond motifs is 12. The molecule has 0 aliphatic carbocycles. The summed E-state index contributed by atoms with van der Waals surface area (Å²) < 4.78 is 11.8. The van der Waals surface area contributed by atoms with E-state index >= 15 is 0 Å². The number of benzene rings is 12. The van der Waals surface area contributed by atoms with Crippen molar-refractivity contribution in [3.8, 4) is 45.1 Å². The van der Waals surface area contributed by atoms with Crippen LogP contribution in [0.1, 0.15) is 0 Å². The predicted octanol–water partition coefficient (Wildman–Crippen LogP) is 17.7. The fraction of sp³-hybridized carbons (Fsp3) is 0.0154. The van der Waals surface area contributed by atoms with Crippen LogP contribution in [-0.2, 0) is 0 Å². The first kappa shape index (κ1) is 38.0. The molecule has 14 aromatic rings. The molecule has 2 aromatic heterocycles. The molecule has 3 heterocycles. The Labute approximate surface area is 397 Å². The molecule has 0 atom stereocenters. The van der Waals surface area contributed by atoms with E-state index in [9.17, 15) is 0 Å². The van der Waals surface area contributed by atoms with Crippen molar-refractivity contribution in [3.05, 3.63) is 231 Å². The van der Waals surface area contributed by atoms with Gasteiger partial charge in [-0.05, 0) is 145 Å². The van der Waals surface area contributed by atoms with Gasteiger partial charge in [-0.2, -0.15) is 0 Å². The van der Waals surface area contributed by atoms with Crippen LogP contribution < -0.4 is 9.64 Å². The molecule has 1 aliphatic heterocycles. The second kappa shape index (κ2) is 14.4. The molecule has 0 bridgehead atoms. The average Bonchev–Trinajstić information content (AvgIpc) is 3.90. The molecule has 0 saturated carbocycles. The Morgan fingerprint density at radius 2 is 0.841 bits per heavy atom. The van der Waals surface area contributed by atoms with Gasteiger partial charge in [0, 0.05) is 39.7 Å². The maximum absolute atomic E-state index is 6.90. The zero-order valence-corrected chi connectivity index (χ0v) is 37.7. The quantitative estimate of drug-likeness (QED) is 0.164. The maximum atomic E-state index is 6.90. The Morgan fingerprint density at radius 1 is 0.290 bits per heavy atom. The molecule has 0 fully saturated rings. The van der Waals surface area contributed by atoms with Gasteiger partial charge in [-0.15, -0.1) is 0 Å². The second-order valence-corrected chi connectivity index (χ2v) is 18.6. The van der Waals surface area contributed by atoms with E-state index in [4.69, 9.17) is 4.74 Å². The van der Waals surface area contributed by atoms with Crippen molar-refractivity contribution in [2.45, 2.75) is 0 Å². The topological polar surface area (TPSA) is 22.3 Å². The van der Waals surface area contributed by atoms with Crippen molar-refractivity contribution in [2.75, 3.05) is 11.9 Å². The molecule has 0 unspecified atom stereocenters. The van der Waals surface area contributed by atoms with E-state index in [-0.39, 0.29) is 0 Å². The van der Waals surface area contributed by atoms with E-state index in [0.29, 0.717) is 0 Å². The van der Waals surface area contributed by atoms with Crippen LogP contribution in [0.2, 0.25) is 0 Å². The minimum absolute atomic E-state index is 0.842. The number of ether oxygens (including phenoxy) is 1. The summed E-state index contributed by atoms with van der Waals surface area (Å²) in [7, 11) is 2.13. The molecule has 15 rings (SSSR count). The highest BCUT2D eigenvalue weighted by Gasteiger charge is 2.25. The van der Waals surface area contributed by atoms with Crippen molar-refractivity contribution >= 4 is 98.1 Å². The van der Waals surface area contributed by atoms with Crippen LogP contribution in [0.3, 0.4) is 0 Å². The monoisotopic (exact) mass is 879 g/mol. The number of rotatable bonds is 4. The normalized spacial score (nSPS) is 12.5. The lowest BCUT2D eigenvalue weighted by Crippen LogP contribution is -2.15. The fourth-order valence-electron chi connectivity index (χ4n) is 11.6. The Bertz CT molecular complexity index is 4440. The Balaban J connectivity index is 0.834. The van der Waals surface area contributed by atoms with Gasteiger partial charge in [0.2, 0.25) is 0 Å². The van der Waals surface area contributed by atoms with Crippen LogP contribution in [0.25, 0.3) is 120 Å². The summed E-state index contributed by atoms with van der Waals surface area (Å²) in [6.45, 7) is 0. The van der Waals surface area contributed by atoms with Crippen molar-refractivity contribution in [1.82, 2.24) is 9.13 Å². The number of aromatic nitrogens is 2. The summed E-state index contributed by atoms with van der Waals surface area (Å²) in [5.74, 6) is 1.69. The van der Waals surface area contributed by atoms with Crippen molar-refractivity contribution < 1.29 is 4.74 Å². The van der Waals surface area contributed by atoms with Gasteiger partial charge in [-0.1, -0.05) is 146 Å². The molecule has 1 aliphatic rings. The summed E-state index contributed by atoms with van der Waals surface area (Å²) in [5, 5.41) is 14.8. The molecule has 0 amide bonds. The standard InChI is InChI=1S/C65H41N3O/c1-66-60-31-27-43(38-63(60)69-64-39-46(28-32-61(64)66)65-50-18-6-3-14-44(50)33-45-15-4-7-19-51(45)65)41-26-30-59-54(35-41)52-20-8-10-22-57(52)67(59)48-29-25-42-36-55-53-21-9-11-23-58(53)68(62(55)37-47(42)34-48)56-24-12-16-40-13-2-5-17-49(40)56/h2-39H,1H3.